The highest BCUT2D eigenvalue weighted by Gasteiger charge is 2.21. The Hall–Kier alpha value is -2.18. The van der Waals surface area contributed by atoms with Crippen molar-refractivity contribution < 1.29 is 9.84 Å². The third kappa shape index (κ3) is 4.90. The average molecular weight is 342 g/mol. The first-order chi connectivity index (χ1) is 12.1. The second-order valence-electron chi connectivity index (χ2n) is 6.49. The minimum atomic E-state index is -0.493. The summed E-state index contributed by atoms with van der Waals surface area (Å²) in [4.78, 5) is 13.6. The van der Waals surface area contributed by atoms with E-state index in [2.05, 4.69) is 19.8 Å². The number of aliphatic hydroxyl groups excluding tert-OH is 1. The van der Waals surface area contributed by atoms with Gasteiger partial charge in [-0.05, 0) is 26.0 Å². The van der Waals surface area contributed by atoms with Gasteiger partial charge in [0.05, 0.1) is 11.4 Å². The Morgan fingerprint density at radius 1 is 1.12 bits per heavy atom. The van der Waals surface area contributed by atoms with E-state index in [9.17, 15) is 5.11 Å². The predicted molar refractivity (Wildman–Crippen MR) is 98.1 cm³/mol. The number of nitrogens with zero attached hydrogens (tertiary/aromatic N) is 4. The Kier molecular flexibility index (Phi) is 5.83. The van der Waals surface area contributed by atoms with E-state index in [1.165, 1.54) is 0 Å². The van der Waals surface area contributed by atoms with Crippen molar-refractivity contribution in [2.75, 3.05) is 44.2 Å². The minimum Gasteiger partial charge on any atom is -0.491 e. The Balaban J connectivity index is 1.45. The monoisotopic (exact) mass is 342 g/mol. The minimum absolute atomic E-state index is 0.312. The Morgan fingerprint density at radius 2 is 1.84 bits per heavy atom. The molecule has 1 fully saturated rings. The van der Waals surface area contributed by atoms with Gasteiger partial charge in [-0.1, -0.05) is 18.2 Å². The van der Waals surface area contributed by atoms with Crippen molar-refractivity contribution in [3.63, 3.8) is 0 Å². The quantitative estimate of drug-likeness (QED) is 0.861. The molecule has 6 heteroatoms. The predicted octanol–water partition coefficient (Wildman–Crippen LogP) is 1.66. The summed E-state index contributed by atoms with van der Waals surface area (Å²) in [5.74, 6) is 1.77. The first-order valence-corrected chi connectivity index (χ1v) is 8.75. The number of piperazine rings is 1. The number of hydrogen-bond acceptors (Lipinski definition) is 6. The highest BCUT2D eigenvalue weighted by molar-refractivity contribution is 5.43. The van der Waals surface area contributed by atoms with Crippen LogP contribution in [0.2, 0.25) is 0 Å². The molecular formula is C19H26N4O2. The molecule has 2 aromatic rings. The van der Waals surface area contributed by atoms with Gasteiger partial charge in [-0.2, -0.15) is 0 Å². The van der Waals surface area contributed by atoms with Gasteiger partial charge >= 0.3 is 0 Å². The van der Waals surface area contributed by atoms with Gasteiger partial charge in [-0.3, -0.25) is 9.88 Å². The van der Waals surface area contributed by atoms with Crippen molar-refractivity contribution in [3.8, 4) is 5.75 Å². The van der Waals surface area contributed by atoms with Crippen LogP contribution in [0.25, 0.3) is 0 Å². The van der Waals surface area contributed by atoms with E-state index in [4.69, 9.17) is 4.74 Å². The van der Waals surface area contributed by atoms with Gasteiger partial charge in [-0.15, -0.1) is 0 Å². The molecule has 1 N–H and O–H groups in total. The molecule has 1 aromatic carbocycles. The van der Waals surface area contributed by atoms with Crippen molar-refractivity contribution >= 4 is 5.82 Å². The first-order valence-electron chi connectivity index (χ1n) is 8.75. The molecule has 0 aliphatic carbocycles. The zero-order valence-electron chi connectivity index (χ0n) is 14.9. The third-order valence-electron chi connectivity index (χ3n) is 4.38. The number of benzene rings is 1. The molecule has 6 nitrogen and oxygen atoms in total. The van der Waals surface area contributed by atoms with Gasteiger partial charge in [0.15, 0.2) is 0 Å². The molecule has 0 amide bonds. The molecule has 1 atom stereocenters. The van der Waals surface area contributed by atoms with E-state index in [0.717, 1.165) is 49.1 Å². The number of aryl methyl sites for hydroxylation is 2. The van der Waals surface area contributed by atoms with Crippen LogP contribution in [0.3, 0.4) is 0 Å². The van der Waals surface area contributed by atoms with Gasteiger partial charge in [-0.25, -0.2) is 4.98 Å². The van der Waals surface area contributed by atoms with Gasteiger partial charge < -0.3 is 14.7 Å². The van der Waals surface area contributed by atoms with E-state index in [0.29, 0.717) is 13.2 Å². The highest BCUT2D eigenvalue weighted by Crippen LogP contribution is 2.17. The van der Waals surface area contributed by atoms with Crippen LogP contribution in [-0.2, 0) is 0 Å². The fraction of sp³-hybridized carbons (Fsp3) is 0.474. The van der Waals surface area contributed by atoms with E-state index in [-0.39, 0.29) is 0 Å². The molecule has 1 aromatic heterocycles. The SMILES string of the molecule is Cc1cnc(C)c(N2CCN(CC(O)COc3ccccc3)CC2)n1. The Labute approximate surface area is 149 Å². The van der Waals surface area contributed by atoms with Gasteiger partial charge in [0.25, 0.3) is 0 Å². The molecule has 1 aliphatic rings. The number of anilines is 1. The lowest BCUT2D eigenvalue weighted by molar-refractivity contribution is 0.0662. The number of ether oxygens (including phenoxy) is 1. The molecule has 25 heavy (non-hydrogen) atoms. The van der Waals surface area contributed by atoms with E-state index in [1.807, 2.05) is 44.2 Å². The second-order valence-corrected chi connectivity index (χ2v) is 6.49. The van der Waals surface area contributed by atoms with Crippen molar-refractivity contribution in [2.24, 2.45) is 0 Å². The largest absolute Gasteiger partial charge is 0.491 e. The lowest BCUT2D eigenvalue weighted by atomic mass is 10.2. The summed E-state index contributed by atoms with van der Waals surface area (Å²) in [6.45, 7) is 8.49. The summed E-state index contributed by atoms with van der Waals surface area (Å²) in [6, 6.07) is 9.60. The number of aliphatic hydroxyl groups is 1. The maximum absolute atomic E-state index is 10.2. The number of rotatable bonds is 6. The van der Waals surface area contributed by atoms with Crippen molar-refractivity contribution in [3.05, 3.63) is 47.9 Å². The summed E-state index contributed by atoms with van der Waals surface area (Å²) < 4.78 is 5.62. The van der Waals surface area contributed by atoms with Crippen LogP contribution in [0.1, 0.15) is 11.4 Å². The molecule has 2 heterocycles. The number of aromatic nitrogens is 2. The lowest BCUT2D eigenvalue weighted by Crippen LogP contribution is -2.49. The Bertz CT molecular complexity index is 672. The maximum atomic E-state index is 10.2. The fourth-order valence-electron chi connectivity index (χ4n) is 3.03. The van der Waals surface area contributed by atoms with E-state index < -0.39 is 6.10 Å². The van der Waals surface area contributed by atoms with Crippen molar-refractivity contribution in [1.82, 2.24) is 14.9 Å². The number of β-amino-alcohol motifs (C(OH)–C–C–N with tert-alkyl or cyclic N) is 1. The average Bonchev–Trinajstić information content (AvgIpc) is 2.64. The summed E-state index contributed by atoms with van der Waals surface area (Å²) in [7, 11) is 0. The molecule has 1 saturated heterocycles. The molecule has 1 aliphatic heterocycles. The summed E-state index contributed by atoms with van der Waals surface area (Å²) in [6.07, 6.45) is 1.31. The maximum Gasteiger partial charge on any atom is 0.150 e. The number of para-hydroxylation sites is 1. The molecule has 0 bridgehead atoms. The normalized spacial score (nSPS) is 16.7. The first kappa shape index (κ1) is 17.6. The van der Waals surface area contributed by atoms with Crippen LogP contribution in [-0.4, -0.2) is 65.4 Å². The van der Waals surface area contributed by atoms with Crippen LogP contribution in [0.5, 0.6) is 5.75 Å². The highest BCUT2D eigenvalue weighted by atomic mass is 16.5. The smallest absolute Gasteiger partial charge is 0.150 e. The van der Waals surface area contributed by atoms with Crippen molar-refractivity contribution in [1.29, 1.82) is 0 Å². The molecular weight excluding hydrogens is 316 g/mol. The summed E-state index contributed by atoms with van der Waals surface area (Å²) >= 11 is 0. The molecule has 1 unspecified atom stereocenters. The van der Waals surface area contributed by atoms with Crippen LogP contribution in [0, 0.1) is 13.8 Å². The fourth-order valence-corrected chi connectivity index (χ4v) is 3.03. The zero-order valence-corrected chi connectivity index (χ0v) is 14.9. The van der Waals surface area contributed by atoms with Gasteiger partial charge in [0.1, 0.15) is 24.3 Å². The Morgan fingerprint density at radius 3 is 2.56 bits per heavy atom. The zero-order chi connectivity index (χ0) is 17.6. The summed E-state index contributed by atoms with van der Waals surface area (Å²) in [5.41, 5.74) is 1.91. The van der Waals surface area contributed by atoms with Gasteiger partial charge in [0, 0.05) is 38.9 Å². The standard InChI is InChI=1S/C19H26N4O2/c1-15-12-20-16(2)19(21-15)23-10-8-22(9-11-23)13-17(24)14-25-18-6-4-3-5-7-18/h3-7,12,17,24H,8-11,13-14H2,1-2H3. The van der Waals surface area contributed by atoms with Crippen LogP contribution in [0.15, 0.2) is 36.5 Å². The second kappa shape index (κ2) is 8.27. The molecule has 0 saturated carbocycles. The molecule has 134 valence electrons. The van der Waals surface area contributed by atoms with Crippen molar-refractivity contribution in [2.45, 2.75) is 20.0 Å². The van der Waals surface area contributed by atoms with Crippen LogP contribution < -0.4 is 9.64 Å². The molecule has 3 rings (SSSR count). The topological polar surface area (TPSA) is 61.7 Å². The van der Waals surface area contributed by atoms with Crippen LogP contribution >= 0.6 is 0 Å². The van der Waals surface area contributed by atoms with E-state index >= 15 is 0 Å². The van der Waals surface area contributed by atoms with E-state index in [1.54, 1.807) is 6.20 Å². The molecule has 0 radical (unpaired) electrons. The number of hydrogen-bond donors (Lipinski definition) is 1. The van der Waals surface area contributed by atoms with Gasteiger partial charge in [0.2, 0.25) is 0 Å². The molecule has 0 spiro atoms. The summed E-state index contributed by atoms with van der Waals surface area (Å²) in [5, 5.41) is 10.2. The lowest BCUT2D eigenvalue weighted by Gasteiger charge is -2.36. The van der Waals surface area contributed by atoms with Crippen LogP contribution in [0.4, 0.5) is 5.82 Å². The third-order valence-corrected chi connectivity index (χ3v) is 4.38.